The summed E-state index contributed by atoms with van der Waals surface area (Å²) in [5, 5.41) is 11.9. The first kappa shape index (κ1) is 23.0. The van der Waals surface area contributed by atoms with Gasteiger partial charge in [-0.3, -0.25) is 9.69 Å². The molecule has 1 N–H and O–H groups in total. The monoisotopic (exact) mass is 435 g/mol. The lowest BCUT2D eigenvalue weighted by atomic mass is 10.1. The van der Waals surface area contributed by atoms with Crippen molar-refractivity contribution in [1.82, 2.24) is 4.90 Å². The third kappa shape index (κ3) is 6.94. The molecule has 1 saturated heterocycles. The van der Waals surface area contributed by atoms with Gasteiger partial charge in [-0.25, -0.2) is 4.79 Å². The van der Waals surface area contributed by atoms with E-state index in [-0.39, 0.29) is 5.57 Å². The molecule has 1 fully saturated rings. The van der Waals surface area contributed by atoms with Gasteiger partial charge in [0.1, 0.15) is 17.4 Å². The number of carbonyl (C=O) groups excluding carboxylic acids is 2. The van der Waals surface area contributed by atoms with E-state index < -0.39 is 18.5 Å². The summed E-state index contributed by atoms with van der Waals surface area (Å²) in [5.41, 5.74) is 2.18. The molecule has 166 valence electrons. The lowest BCUT2D eigenvalue weighted by Gasteiger charge is -2.26. The summed E-state index contributed by atoms with van der Waals surface area (Å²) in [5.74, 6) is -0.686. The Kier molecular flexibility index (Phi) is 8.37. The van der Waals surface area contributed by atoms with Crippen LogP contribution in [0.3, 0.4) is 0 Å². The molecule has 0 spiro atoms. The number of rotatable bonds is 8. The summed E-state index contributed by atoms with van der Waals surface area (Å²) in [6.07, 6.45) is 1.40. The van der Waals surface area contributed by atoms with E-state index in [1.807, 2.05) is 12.1 Å². The Bertz CT molecular complexity index is 988. The number of nitrogens with zero attached hydrogens (tertiary/aromatic N) is 2. The molecular formula is C24H25N3O5. The molecule has 3 rings (SSSR count). The summed E-state index contributed by atoms with van der Waals surface area (Å²) in [7, 11) is 1.55. The average molecular weight is 435 g/mol. The third-order valence-electron chi connectivity index (χ3n) is 4.85. The zero-order valence-electron chi connectivity index (χ0n) is 17.9. The van der Waals surface area contributed by atoms with E-state index in [0.29, 0.717) is 17.0 Å². The summed E-state index contributed by atoms with van der Waals surface area (Å²) in [6, 6.07) is 16.2. The smallest absolute Gasteiger partial charge is 0.349 e. The van der Waals surface area contributed by atoms with Gasteiger partial charge in [0.15, 0.2) is 6.61 Å². The van der Waals surface area contributed by atoms with Crippen LogP contribution in [0.2, 0.25) is 0 Å². The lowest BCUT2D eigenvalue weighted by Crippen LogP contribution is -2.35. The van der Waals surface area contributed by atoms with Crippen LogP contribution in [0.25, 0.3) is 6.08 Å². The van der Waals surface area contributed by atoms with Crippen LogP contribution in [0.1, 0.15) is 11.1 Å². The number of amides is 1. The van der Waals surface area contributed by atoms with E-state index in [1.54, 1.807) is 49.6 Å². The number of hydrogen-bond donors (Lipinski definition) is 1. The van der Waals surface area contributed by atoms with Crippen molar-refractivity contribution >= 4 is 23.6 Å². The molecule has 2 aromatic carbocycles. The Labute approximate surface area is 187 Å². The van der Waals surface area contributed by atoms with Gasteiger partial charge in [-0.2, -0.15) is 5.26 Å². The van der Waals surface area contributed by atoms with Crippen LogP contribution in [0, 0.1) is 11.3 Å². The maximum atomic E-state index is 12.2. The van der Waals surface area contributed by atoms with Gasteiger partial charge in [-0.1, -0.05) is 24.3 Å². The highest BCUT2D eigenvalue weighted by Crippen LogP contribution is 2.15. The Balaban J connectivity index is 1.48. The second-order valence-corrected chi connectivity index (χ2v) is 7.15. The summed E-state index contributed by atoms with van der Waals surface area (Å²) in [4.78, 5) is 26.6. The van der Waals surface area contributed by atoms with Crippen molar-refractivity contribution in [2.75, 3.05) is 45.3 Å². The fraction of sp³-hybridized carbons (Fsp3) is 0.292. The maximum absolute atomic E-state index is 12.2. The van der Waals surface area contributed by atoms with Gasteiger partial charge in [-0.05, 0) is 41.5 Å². The van der Waals surface area contributed by atoms with Gasteiger partial charge in [0.2, 0.25) is 0 Å². The van der Waals surface area contributed by atoms with Crippen molar-refractivity contribution in [3.8, 4) is 11.8 Å². The molecule has 0 atom stereocenters. The van der Waals surface area contributed by atoms with Crippen LogP contribution in [0.5, 0.6) is 5.75 Å². The second kappa shape index (κ2) is 11.6. The predicted molar refractivity (Wildman–Crippen MR) is 119 cm³/mol. The molecule has 1 amide bonds. The number of methoxy groups -OCH3 is 1. The highest BCUT2D eigenvalue weighted by atomic mass is 16.5. The van der Waals surface area contributed by atoms with Crippen LogP contribution in [0.4, 0.5) is 5.69 Å². The Morgan fingerprint density at radius 3 is 2.44 bits per heavy atom. The maximum Gasteiger partial charge on any atom is 0.349 e. The Morgan fingerprint density at radius 1 is 1.12 bits per heavy atom. The quantitative estimate of drug-likeness (QED) is 0.386. The molecule has 0 bridgehead atoms. The largest absolute Gasteiger partial charge is 0.497 e. The van der Waals surface area contributed by atoms with Crippen LogP contribution in [-0.4, -0.2) is 56.8 Å². The lowest BCUT2D eigenvalue weighted by molar-refractivity contribution is -0.142. The van der Waals surface area contributed by atoms with Crippen molar-refractivity contribution in [3.05, 3.63) is 65.2 Å². The fourth-order valence-corrected chi connectivity index (χ4v) is 3.12. The van der Waals surface area contributed by atoms with E-state index in [9.17, 15) is 14.9 Å². The molecule has 8 nitrogen and oxygen atoms in total. The van der Waals surface area contributed by atoms with Gasteiger partial charge in [0, 0.05) is 25.3 Å². The molecule has 0 aliphatic carbocycles. The highest BCUT2D eigenvalue weighted by Gasteiger charge is 2.14. The number of nitriles is 1. The van der Waals surface area contributed by atoms with E-state index in [0.717, 1.165) is 38.4 Å². The number of nitrogens with one attached hydrogen (secondary N) is 1. The van der Waals surface area contributed by atoms with Crippen LogP contribution in [0.15, 0.2) is 54.1 Å². The predicted octanol–water partition coefficient (Wildman–Crippen LogP) is 2.62. The summed E-state index contributed by atoms with van der Waals surface area (Å²) >= 11 is 0. The van der Waals surface area contributed by atoms with Gasteiger partial charge in [0.05, 0.1) is 20.3 Å². The third-order valence-corrected chi connectivity index (χ3v) is 4.85. The minimum Gasteiger partial charge on any atom is -0.497 e. The van der Waals surface area contributed by atoms with Crippen LogP contribution >= 0.6 is 0 Å². The first-order valence-corrected chi connectivity index (χ1v) is 10.2. The molecule has 32 heavy (non-hydrogen) atoms. The molecule has 2 aromatic rings. The molecular weight excluding hydrogens is 410 g/mol. The number of carbonyl (C=O) groups is 2. The average Bonchev–Trinajstić information content (AvgIpc) is 2.83. The standard InChI is InChI=1S/C24H25N3O5/c1-30-22-8-4-18(5-9-22)14-20(15-25)24(29)32-17-23(28)26-21-6-2-19(3-7-21)16-27-10-12-31-13-11-27/h2-9,14H,10-13,16-17H2,1H3,(H,26,28)/b20-14+. The molecule has 0 aromatic heterocycles. The number of ether oxygens (including phenoxy) is 3. The Morgan fingerprint density at radius 2 is 1.81 bits per heavy atom. The van der Waals surface area contributed by atoms with Crippen molar-refractivity contribution in [3.63, 3.8) is 0 Å². The molecule has 8 heteroatoms. The van der Waals surface area contributed by atoms with Crippen LogP contribution < -0.4 is 10.1 Å². The van der Waals surface area contributed by atoms with E-state index in [4.69, 9.17) is 14.2 Å². The zero-order valence-corrected chi connectivity index (χ0v) is 17.9. The molecule has 1 aliphatic rings. The number of anilines is 1. The number of esters is 1. The first-order chi connectivity index (χ1) is 15.6. The van der Waals surface area contributed by atoms with Gasteiger partial charge >= 0.3 is 5.97 Å². The second-order valence-electron chi connectivity index (χ2n) is 7.15. The molecule has 1 aliphatic heterocycles. The Hall–Kier alpha value is -3.67. The van der Waals surface area contributed by atoms with E-state index >= 15 is 0 Å². The van der Waals surface area contributed by atoms with E-state index in [1.165, 1.54) is 6.08 Å². The number of benzene rings is 2. The van der Waals surface area contributed by atoms with Gasteiger partial charge in [-0.15, -0.1) is 0 Å². The molecule has 1 heterocycles. The van der Waals surface area contributed by atoms with Gasteiger partial charge in [0.25, 0.3) is 5.91 Å². The topological polar surface area (TPSA) is 101 Å². The van der Waals surface area contributed by atoms with Crippen molar-refractivity contribution < 1.29 is 23.8 Å². The molecule has 0 saturated carbocycles. The minimum atomic E-state index is -0.862. The van der Waals surface area contributed by atoms with Crippen molar-refractivity contribution in [2.45, 2.75) is 6.54 Å². The number of hydrogen-bond acceptors (Lipinski definition) is 7. The van der Waals surface area contributed by atoms with E-state index in [2.05, 4.69) is 10.2 Å². The van der Waals surface area contributed by atoms with Crippen LogP contribution in [-0.2, 0) is 25.6 Å². The van der Waals surface area contributed by atoms with Gasteiger partial charge < -0.3 is 19.5 Å². The normalized spacial score (nSPS) is 14.3. The fourth-order valence-electron chi connectivity index (χ4n) is 3.12. The molecule has 0 unspecified atom stereocenters. The number of morpholine rings is 1. The zero-order chi connectivity index (χ0) is 22.8. The SMILES string of the molecule is COc1ccc(/C=C(\C#N)C(=O)OCC(=O)Nc2ccc(CN3CCOCC3)cc2)cc1. The minimum absolute atomic E-state index is 0.199. The van der Waals surface area contributed by atoms with Crippen molar-refractivity contribution in [2.24, 2.45) is 0 Å². The van der Waals surface area contributed by atoms with Crippen molar-refractivity contribution in [1.29, 1.82) is 5.26 Å². The highest BCUT2D eigenvalue weighted by molar-refractivity contribution is 6.00. The molecule has 0 radical (unpaired) electrons. The summed E-state index contributed by atoms with van der Waals surface area (Å²) < 4.78 is 15.4. The summed E-state index contributed by atoms with van der Waals surface area (Å²) in [6.45, 7) is 3.64. The first-order valence-electron chi connectivity index (χ1n) is 10.2.